The van der Waals surface area contributed by atoms with Gasteiger partial charge in [0.15, 0.2) is 0 Å². The van der Waals surface area contributed by atoms with Crippen LogP contribution in [-0.2, 0) is 16.0 Å². The van der Waals surface area contributed by atoms with Gasteiger partial charge in [0, 0.05) is 18.5 Å². The van der Waals surface area contributed by atoms with E-state index in [-0.39, 0.29) is 12.0 Å². The van der Waals surface area contributed by atoms with Crippen molar-refractivity contribution in [1.82, 2.24) is 14.9 Å². The molecule has 0 bridgehead atoms. The summed E-state index contributed by atoms with van der Waals surface area (Å²) in [4.78, 5) is 24.5. The first kappa shape index (κ1) is 16.9. The van der Waals surface area contributed by atoms with Crippen molar-refractivity contribution in [3.8, 4) is 0 Å². The van der Waals surface area contributed by atoms with Gasteiger partial charge in [0.05, 0.1) is 36.0 Å². The number of morpholine rings is 1. The van der Waals surface area contributed by atoms with Crippen LogP contribution in [0.5, 0.6) is 0 Å². The third-order valence-electron chi connectivity index (χ3n) is 4.09. The number of anilines is 1. The molecule has 1 aliphatic rings. The van der Waals surface area contributed by atoms with Crippen LogP contribution >= 0.6 is 11.3 Å². The molecule has 0 saturated carbocycles. The van der Waals surface area contributed by atoms with Gasteiger partial charge >= 0.3 is 0 Å². The molecular formula is C17H22N4O2S. The molecule has 1 aliphatic heterocycles. The number of pyridine rings is 1. The molecule has 7 heteroatoms. The highest BCUT2D eigenvalue weighted by molar-refractivity contribution is 7.11. The second-order valence-corrected chi connectivity index (χ2v) is 7.10. The standard InChI is InChI=1S/C17H22N4O2S/c1-11-15(24-12(2)19-11)9-17(22)21-7-8-23-14(10-21)13-5-4-6-16(18-3)20-13/h4-6,14H,7-10H2,1-3H3,(H,18,20)/t14-/m0/s1. The van der Waals surface area contributed by atoms with Gasteiger partial charge in [0.25, 0.3) is 0 Å². The summed E-state index contributed by atoms with van der Waals surface area (Å²) in [5.41, 5.74) is 1.81. The molecule has 1 atom stereocenters. The molecular weight excluding hydrogens is 324 g/mol. The molecule has 0 radical (unpaired) electrons. The van der Waals surface area contributed by atoms with Gasteiger partial charge in [-0.15, -0.1) is 11.3 Å². The van der Waals surface area contributed by atoms with Crippen LogP contribution in [0.15, 0.2) is 18.2 Å². The Balaban J connectivity index is 1.68. The molecule has 1 N–H and O–H groups in total. The number of rotatable bonds is 4. The average molecular weight is 346 g/mol. The molecule has 128 valence electrons. The van der Waals surface area contributed by atoms with E-state index >= 15 is 0 Å². The Morgan fingerprint density at radius 3 is 2.96 bits per heavy atom. The minimum Gasteiger partial charge on any atom is -0.373 e. The molecule has 6 nitrogen and oxygen atoms in total. The molecule has 1 saturated heterocycles. The largest absolute Gasteiger partial charge is 0.373 e. The number of thiazole rings is 1. The van der Waals surface area contributed by atoms with Crippen molar-refractivity contribution >= 4 is 23.1 Å². The lowest BCUT2D eigenvalue weighted by Gasteiger charge is -2.32. The Labute approximate surface area is 145 Å². The number of aromatic nitrogens is 2. The highest BCUT2D eigenvalue weighted by Crippen LogP contribution is 2.24. The number of hydrogen-bond donors (Lipinski definition) is 1. The number of carbonyl (C=O) groups excluding carboxylic acids is 1. The SMILES string of the molecule is CNc1cccc([C@@H]2CN(C(=O)Cc3sc(C)nc3C)CCO2)n1. The maximum absolute atomic E-state index is 12.6. The highest BCUT2D eigenvalue weighted by atomic mass is 32.1. The first-order valence-corrected chi connectivity index (χ1v) is 8.85. The molecule has 3 rings (SSSR count). The van der Waals surface area contributed by atoms with E-state index in [4.69, 9.17) is 4.74 Å². The van der Waals surface area contributed by atoms with Crippen LogP contribution in [0.25, 0.3) is 0 Å². The van der Waals surface area contributed by atoms with E-state index in [0.29, 0.717) is 26.1 Å². The number of carbonyl (C=O) groups is 1. The number of ether oxygens (including phenoxy) is 1. The van der Waals surface area contributed by atoms with Crippen molar-refractivity contribution in [2.45, 2.75) is 26.4 Å². The van der Waals surface area contributed by atoms with Gasteiger partial charge in [-0.2, -0.15) is 0 Å². The van der Waals surface area contributed by atoms with Gasteiger partial charge in [0.1, 0.15) is 11.9 Å². The van der Waals surface area contributed by atoms with Gasteiger partial charge in [0.2, 0.25) is 5.91 Å². The molecule has 1 amide bonds. The Bertz CT molecular complexity index is 731. The van der Waals surface area contributed by atoms with Crippen molar-refractivity contribution < 1.29 is 9.53 Å². The fourth-order valence-electron chi connectivity index (χ4n) is 2.81. The topological polar surface area (TPSA) is 67.4 Å². The van der Waals surface area contributed by atoms with Crippen LogP contribution in [0.1, 0.15) is 27.4 Å². The zero-order valence-corrected chi connectivity index (χ0v) is 15.0. The normalized spacial score (nSPS) is 17.8. The fourth-order valence-corrected chi connectivity index (χ4v) is 3.74. The maximum Gasteiger partial charge on any atom is 0.228 e. The summed E-state index contributed by atoms with van der Waals surface area (Å²) >= 11 is 1.60. The minimum atomic E-state index is -0.180. The second kappa shape index (κ2) is 7.27. The summed E-state index contributed by atoms with van der Waals surface area (Å²) < 4.78 is 5.83. The average Bonchev–Trinajstić information content (AvgIpc) is 2.92. The highest BCUT2D eigenvalue weighted by Gasteiger charge is 2.27. The molecule has 2 aromatic rings. The second-order valence-electron chi connectivity index (χ2n) is 5.82. The quantitative estimate of drug-likeness (QED) is 0.920. The fraction of sp³-hybridized carbons (Fsp3) is 0.471. The van der Waals surface area contributed by atoms with Crippen LogP contribution in [0.3, 0.4) is 0 Å². The van der Waals surface area contributed by atoms with E-state index in [1.165, 1.54) is 0 Å². The molecule has 0 aromatic carbocycles. The van der Waals surface area contributed by atoms with Crippen LogP contribution in [0, 0.1) is 13.8 Å². The third kappa shape index (κ3) is 3.73. The maximum atomic E-state index is 12.6. The summed E-state index contributed by atoms with van der Waals surface area (Å²) in [5, 5.41) is 4.03. The summed E-state index contributed by atoms with van der Waals surface area (Å²) in [5.74, 6) is 0.926. The lowest BCUT2D eigenvalue weighted by Crippen LogP contribution is -2.43. The molecule has 0 unspecified atom stereocenters. The molecule has 2 aromatic heterocycles. The van der Waals surface area contributed by atoms with Crippen molar-refractivity contribution in [2.75, 3.05) is 32.1 Å². The molecule has 0 spiro atoms. The first-order valence-electron chi connectivity index (χ1n) is 8.04. The third-order valence-corrected chi connectivity index (χ3v) is 5.16. The van der Waals surface area contributed by atoms with Crippen molar-refractivity contribution in [3.05, 3.63) is 39.5 Å². The number of nitrogens with zero attached hydrogens (tertiary/aromatic N) is 3. The van der Waals surface area contributed by atoms with Crippen LogP contribution in [0.2, 0.25) is 0 Å². The molecule has 1 fully saturated rings. The van der Waals surface area contributed by atoms with E-state index < -0.39 is 0 Å². The predicted octanol–water partition coefficient (Wildman–Crippen LogP) is 2.34. The number of amides is 1. The van der Waals surface area contributed by atoms with E-state index in [0.717, 1.165) is 27.1 Å². The molecule has 3 heterocycles. The van der Waals surface area contributed by atoms with E-state index in [1.54, 1.807) is 11.3 Å². The Kier molecular flexibility index (Phi) is 5.11. The van der Waals surface area contributed by atoms with E-state index in [9.17, 15) is 4.79 Å². The van der Waals surface area contributed by atoms with Crippen LogP contribution < -0.4 is 5.32 Å². The van der Waals surface area contributed by atoms with E-state index in [2.05, 4.69) is 15.3 Å². The Morgan fingerprint density at radius 1 is 1.42 bits per heavy atom. The monoisotopic (exact) mass is 346 g/mol. The van der Waals surface area contributed by atoms with Gasteiger partial charge in [-0.25, -0.2) is 9.97 Å². The van der Waals surface area contributed by atoms with Crippen molar-refractivity contribution in [3.63, 3.8) is 0 Å². The zero-order chi connectivity index (χ0) is 17.1. The van der Waals surface area contributed by atoms with Gasteiger partial charge in [-0.05, 0) is 26.0 Å². The summed E-state index contributed by atoms with van der Waals surface area (Å²) in [7, 11) is 1.84. The minimum absolute atomic E-state index is 0.125. The van der Waals surface area contributed by atoms with Crippen molar-refractivity contribution in [1.29, 1.82) is 0 Å². The lowest BCUT2D eigenvalue weighted by atomic mass is 10.1. The smallest absolute Gasteiger partial charge is 0.228 e. The Hall–Kier alpha value is -1.99. The number of hydrogen-bond acceptors (Lipinski definition) is 6. The molecule has 24 heavy (non-hydrogen) atoms. The van der Waals surface area contributed by atoms with Gasteiger partial charge in [-0.3, -0.25) is 4.79 Å². The number of aryl methyl sites for hydroxylation is 2. The van der Waals surface area contributed by atoms with Gasteiger partial charge in [-0.1, -0.05) is 6.07 Å². The molecule has 0 aliphatic carbocycles. The Morgan fingerprint density at radius 2 is 2.25 bits per heavy atom. The summed E-state index contributed by atoms with van der Waals surface area (Å²) in [6.07, 6.45) is 0.230. The summed E-state index contributed by atoms with van der Waals surface area (Å²) in [6, 6.07) is 5.79. The summed E-state index contributed by atoms with van der Waals surface area (Å²) in [6.45, 7) is 5.62. The zero-order valence-electron chi connectivity index (χ0n) is 14.2. The van der Waals surface area contributed by atoms with Gasteiger partial charge < -0.3 is 15.0 Å². The first-order chi connectivity index (χ1) is 11.6. The lowest BCUT2D eigenvalue weighted by molar-refractivity contribution is -0.138. The van der Waals surface area contributed by atoms with Crippen LogP contribution in [-0.4, -0.2) is 47.5 Å². The van der Waals surface area contributed by atoms with Crippen LogP contribution in [0.4, 0.5) is 5.82 Å². The van der Waals surface area contributed by atoms with Crippen molar-refractivity contribution in [2.24, 2.45) is 0 Å². The number of nitrogens with one attached hydrogen (secondary N) is 1. The van der Waals surface area contributed by atoms with E-state index in [1.807, 2.05) is 44.0 Å². The predicted molar refractivity (Wildman–Crippen MR) is 94.3 cm³/mol.